The number of unbranched alkanes of at least 4 members (excludes halogenated alkanes) is 2. The van der Waals surface area contributed by atoms with Gasteiger partial charge in [0.25, 0.3) is 0 Å². The summed E-state index contributed by atoms with van der Waals surface area (Å²) in [5.41, 5.74) is 1.69. The number of hydrogen-bond acceptors (Lipinski definition) is 3. The van der Waals surface area contributed by atoms with Crippen molar-refractivity contribution in [3.8, 4) is 0 Å². The van der Waals surface area contributed by atoms with Crippen LogP contribution in [0.5, 0.6) is 0 Å². The number of nitrogens with zero attached hydrogens (tertiary/aromatic N) is 3. The van der Waals surface area contributed by atoms with E-state index in [9.17, 15) is 4.79 Å². The summed E-state index contributed by atoms with van der Waals surface area (Å²) in [7, 11) is 0. The van der Waals surface area contributed by atoms with Crippen LogP contribution in [0.4, 0.5) is 0 Å². The third-order valence-electron chi connectivity index (χ3n) is 5.31. The third kappa shape index (κ3) is 7.30. The molecule has 0 aliphatic carbocycles. The number of nitrogens with one attached hydrogen (secondary N) is 1. The van der Waals surface area contributed by atoms with Crippen molar-refractivity contribution in [2.45, 2.75) is 65.8 Å². The molecule has 0 saturated carbocycles. The second kappa shape index (κ2) is 11.5. The lowest BCUT2D eigenvalue weighted by atomic mass is 9.99. The summed E-state index contributed by atoms with van der Waals surface area (Å²) in [6.07, 6.45) is 10.3. The van der Waals surface area contributed by atoms with Crippen LogP contribution < -0.4 is 5.32 Å². The summed E-state index contributed by atoms with van der Waals surface area (Å²) < 4.78 is 1.82. The number of carbonyl (C=O) groups is 1. The number of aromatic nitrogens is 2. The monoisotopic (exact) mass is 394 g/mol. The number of rotatable bonds is 10. The largest absolute Gasteiger partial charge is 0.353 e. The lowest BCUT2D eigenvalue weighted by molar-refractivity contribution is -0.116. The van der Waals surface area contributed by atoms with E-state index in [1.807, 2.05) is 11.6 Å². The lowest BCUT2D eigenvalue weighted by Gasteiger charge is -2.30. The fourth-order valence-corrected chi connectivity index (χ4v) is 3.71. The molecule has 0 bridgehead atoms. The van der Waals surface area contributed by atoms with E-state index < -0.39 is 0 Å². The molecule has 27 heavy (non-hydrogen) atoms. The maximum atomic E-state index is 12.0. The Morgan fingerprint density at radius 2 is 2.00 bits per heavy atom. The van der Waals surface area contributed by atoms with E-state index in [2.05, 4.69) is 29.2 Å². The van der Waals surface area contributed by atoms with Gasteiger partial charge in [0.2, 0.25) is 5.91 Å². The van der Waals surface area contributed by atoms with E-state index in [1.165, 1.54) is 25.9 Å². The van der Waals surface area contributed by atoms with Crippen LogP contribution in [0.25, 0.3) is 6.08 Å². The van der Waals surface area contributed by atoms with Crippen LogP contribution in [0.3, 0.4) is 0 Å². The van der Waals surface area contributed by atoms with Crippen LogP contribution in [0, 0.1) is 12.8 Å². The van der Waals surface area contributed by atoms with Crippen LogP contribution in [0.2, 0.25) is 5.15 Å². The molecule has 1 amide bonds. The predicted octanol–water partition coefficient (Wildman–Crippen LogP) is 4.29. The Balaban J connectivity index is 1.67. The van der Waals surface area contributed by atoms with E-state index in [-0.39, 0.29) is 5.91 Å². The number of amides is 1. The van der Waals surface area contributed by atoms with Gasteiger partial charge in [0.15, 0.2) is 0 Å². The maximum Gasteiger partial charge on any atom is 0.244 e. The minimum Gasteiger partial charge on any atom is -0.353 e. The van der Waals surface area contributed by atoms with E-state index in [4.69, 9.17) is 11.6 Å². The molecule has 0 unspecified atom stereocenters. The van der Waals surface area contributed by atoms with E-state index in [0.717, 1.165) is 62.5 Å². The molecule has 2 rings (SSSR count). The molecule has 0 spiro atoms. The Bertz CT molecular complexity index is 618. The third-order valence-corrected chi connectivity index (χ3v) is 5.71. The van der Waals surface area contributed by atoms with Crippen molar-refractivity contribution in [2.24, 2.45) is 5.92 Å². The highest BCUT2D eigenvalue weighted by Gasteiger charge is 2.14. The van der Waals surface area contributed by atoms with Gasteiger partial charge in [0, 0.05) is 24.7 Å². The number of hydrogen-bond donors (Lipinski definition) is 1. The van der Waals surface area contributed by atoms with Crippen molar-refractivity contribution < 1.29 is 4.79 Å². The zero-order chi connectivity index (χ0) is 19.6. The summed E-state index contributed by atoms with van der Waals surface area (Å²) in [6.45, 7) is 11.5. The molecule has 1 aliphatic rings. The highest BCUT2D eigenvalue weighted by atomic mass is 35.5. The average Bonchev–Trinajstić information content (AvgIpc) is 2.92. The van der Waals surface area contributed by atoms with Crippen molar-refractivity contribution in [2.75, 3.05) is 26.2 Å². The fraction of sp³-hybridized carbons (Fsp3) is 0.714. The van der Waals surface area contributed by atoms with E-state index in [0.29, 0.717) is 5.15 Å². The van der Waals surface area contributed by atoms with Crippen molar-refractivity contribution in [3.05, 3.63) is 22.5 Å². The second-order valence-corrected chi connectivity index (χ2v) is 8.08. The molecular weight excluding hydrogens is 360 g/mol. The topological polar surface area (TPSA) is 50.2 Å². The van der Waals surface area contributed by atoms with Gasteiger partial charge in [-0.3, -0.25) is 9.48 Å². The maximum absolute atomic E-state index is 12.0. The first kappa shape index (κ1) is 22.0. The molecule has 0 atom stereocenters. The highest BCUT2D eigenvalue weighted by Crippen LogP contribution is 2.21. The Morgan fingerprint density at radius 1 is 1.26 bits per heavy atom. The normalized spacial score (nSPS) is 16.3. The SMILES string of the molecule is CCCCn1nc(C)c(/C=C/C(=O)NCCCCN2CCC(C)CC2)c1Cl. The standard InChI is InChI=1S/C21H35ClN4O/c1-4-5-14-26-21(22)19(18(3)24-26)8-9-20(27)23-12-6-7-13-25-15-10-17(2)11-16-25/h8-9,17H,4-7,10-16H2,1-3H3,(H,23,27)/b9-8+. The van der Waals surface area contributed by atoms with Crippen LogP contribution >= 0.6 is 11.6 Å². The van der Waals surface area contributed by atoms with Crippen molar-refractivity contribution in [3.63, 3.8) is 0 Å². The molecule has 6 heteroatoms. The molecule has 1 N–H and O–H groups in total. The molecule has 1 aliphatic heterocycles. The number of halogens is 1. The van der Waals surface area contributed by atoms with Crippen molar-refractivity contribution in [1.29, 1.82) is 0 Å². The number of likely N-dealkylation sites (tertiary alicyclic amines) is 1. The summed E-state index contributed by atoms with van der Waals surface area (Å²) >= 11 is 6.39. The van der Waals surface area contributed by atoms with Gasteiger partial charge >= 0.3 is 0 Å². The van der Waals surface area contributed by atoms with Gasteiger partial charge in [-0.2, -0.15) is 5.10 Å². The fourth-order valence-electron chi connectivity index (χ4n) is 3.39. The van der Waals surface area contributed by atoms with Gasteiger partial charge in [0.05, 0.1) is 5.69 Å². The Hall–Kier alpha value is -1.33. The van der Waals surface area contributed by atoms with Crippen LogP contribution in [0.15, 0.2) is 6.08 Å². The molecule has 0 radical (unpaired) electrons. The first-order chi connectivity index (χ1) is 13.0. The Morgan fingerprint density at radius 3 is 2.70 bits per heavy atom. The Labute approximate surface area is 169 Å². The van der Waals surface area contributed by atoms with Crippen molar-refractivity contribution >= 4 is 23.6 Å². The highest BCUT2D eigenvalue weighted by molar-refractivity contribution is 6.31. The first-order valence-corrected chi connectivity index (χ1v) is 10.8. The van der Waals surface area contributed by atoms with E-state index >= 15 is 0 Å². The molecule has 2 heterocycles. The van der Waals surface area contributed by atoms with Gasteiger partial charge < -0.3 is 10.2 Å². The number of aryl methyl sites for hydroxylation is 2. The first-order valence-electron chi connectivity index (χ1n) is 10.4. The minimum atomic E-state index is -0.0708. The second-order valence-electron chi connectivity index (χ2n) is 7.72. The zero-order valence-electron chi connectivity index (χ0n) is 17.1. The van der Waals surface area contributed by atoms with E-state index in [1.54, 1.807) is 12.2 Å². The summed E-state index contributed by atoms with van der Waals surface area (Å²) in [5.74, 6) is 0.807. The molecular formula is C21H35ClN4O. The van der Waals surface area contributed by atoms with Gasteiger partial charge in [-0.05, 0) is 70.7 Å². The lowest BCUT2D eigenvalue weighted by Crippen LogP contribution is -2.34. The molecule has 152 valence electrons. The molecule has 0 aromatic carbocycles. The summed E-state index contributed by atoms with van der Waals surface area (Å²) in [4.78, 5) is 14.6. The van der Waals surface area contributed by atoms with Gasteiger partial charge in [-0.25, -0.2) is 0 Å². The minimum absolute atomic E-state index is 0.0708. The van der Waals surface area contributed by atoms with Crippen LogP contribution in [0.1, 0.15) is 63.6 Å². The Kier molecular flexibility index (Phi) is 9.35. The number of carbonyl (C=O) groups excluding carboxylic acids is 1. The van der Waals surface area contributed by atoms with Gasteiger partial charge in [-0.1, -0.05) is 31.9 Å². The molecule has 1 aromatic heterocycles. The molecule has 1 saturated heterocycles. The molecule has 1 aromatic rings. The zero-order valence-corrected chi connectivity index (χ0v) is 17.9. The smallest absolute Gasteiger partial charge is 0.244 e. The average molecular weight is 395 g/mol. The summed E-state index contributed by atoms with van der Waals surface area (Å²) in [6, 6.07) is 0. The van der Waals surface area contributed by atoms with Crippen LogP contribution in [-0.2, 0) is 11.3 Å². The van der Waals surface area contributed by atoms with Crippen LogP contribution in [-0.4, -0.2) is 46.8 Å². The van der Waals surface area contributed by atoms with Gasteiger partial charge in [0.1, 0.15) is 5.15 Å². The number of piperidine rings is 1. The van der Waals surface area contributed by atoms with Gasteiger partial charge in [-0.15, -0.1) is 0 Å². The quantitative estimate of drug-likeness (QED) is 0.475. The molecule has 1 fully saturated rings. The molecule has 5 nitrogen and oxygen atoms in total. The predicted molar refractivity (Wildman–Crippen MR) is 113 cm³/mol. The van der Waals surface area contributed by atoms with Crippen molar-refractivity contribution in [1.82, 2.24) is 20.0 Å². The summed E-state index contributed by atoms with van der Waals surface area (Å²) in [5, 5.41) is 8.03.